The van der Waals surface area contributed by atoms with Gasteiger partial charge < -0.3 is 19.3 Å². The standard InChI is InChI=1S/C20H23ClO5/c1-13-8-14(2)10-16(9-13)25-6-7-26-20-17(21)11-15(4-5-19(22)23)12-18(20)24-3/h8-12H,4-7H2,1-3H3,(H,22,23). The molecule has 6 heteroatoms. The van der Waals surface area contributed by atoms with Crippen molar-refractivity contribution in [1.82, 2.24) is 0 Å². The van der Waals surface area contributed by atoms with Crippen LogP contribution in [0.15, 0.2) is 30.3 Å². The van der Waals surface area contributed by atoms with Crippen LogP contribution in [0.3, 0.4) is 0 Å². The predicted octanol–water partition coefficient (Wildman–Crippen LogP) is 4.44. The lowest BCUT2D eigenvalue weighted by Crippen LogP contribution is -2.10. The number of rotatable bonds is 9. The molecule has 26 heavy (non-hydrogen) atoms. The van der Waals surface area contributed by atoms with Crippen molar-refractivity contribution in [3.05, 3.63) is 52.0 Å². The molecule has 0 aliphatic heterocycles. The van der Waals surface area contributed by atoms with Gasteiger partial charge in [-0.05, 0) is 61.2 Å². The molecule has 0 amide bonds. The second kappa shape index (κ2) is 9.34. The average molecular weight is 379 g/mol. The van der Waals surface area contributed by atoms with Gasteiger partial charge in [0.25, 0.3) is 0 Å². The van der Waals surface area contributed by atoms with E-state index in [1.54, 1.807) is 12.1 Å². The number of aliphatic carboxylic acids is 1. The van der Waals surface area contributed by atoms with E-state index in [1.165, 1.54) is 7.11 Å². The molecule has 0 aliphatic carbocycles. The highest BCUT2D eigenvalue weighted by atomic mass is 35.5. The zero-order valence-electron chi connectivity index (χ0n) is 15.2. The molecule has 0 saturated heterocycles. The van der Waals surface area contributed by atoms with Gasteiger partial charge in [-0.3, -0.25) is 4.79 Å². The van der Waals surface area contributed by atoms with Crippen LogP contribution >= 0.6 is 11.6 Å². The predicted molar refractivity (Wildman–Crippen MR) is 101 cm³/mol. The molecule has 1 N–H and O–H groups in total. The Bertz CT molecular complexity index is 753. The van der Waals surface area contributed by atoms with Crippen LogP contribution in [-0.2, 0) is 11.2 Å². The Balaban J connectivity index is 1.96. The van der Waals surface area contributed by atoms with Crippen LogP contribution in [0, 0.1) is 13.8 Å². The molecule has 0 saturated carbocycles. The first-order valence-electron chi connectivity index (χ1n) is 8.31. The SMILES string of the molecule is COc1cc(CCC(=O)O)cc(Cl)c1OCCOc1cc(C)cc(C)c1. The first kappa shape index (κ1) is 19.9. The van der Waals surface area contributed by atoms with Crippen LogP contribution in [0.5, 0.6) is 17.2 Å². The van der Waals surface area contributed by atoms with Crippen LogP contribution in [0.4, 0.5) is 0 Å². The molecule has 0 heterocycles. The summed E-state index contributed by atoms with van der Waals surface area (Å²) in [6.45, 7) is 4.71. The van der Waals surface area contributed by atoms with E-state index in [4.69, 9.17) is 30.9 Å². The number of hydrogen-bond acceptors (Lipinski definition) is 4. The molecule has 2 rings (SSSR count). The fourth-order valence-corrected chi connectivity index (χ4v) is 2.92. The Labute approximate surface area is 158 Å². The summed E-state index contributed by atoms with van der Waals surface area (Å²) in [6.07, 6.45) is 0.408. The zero-order chi connectivity index (χ0) is 19.1. The number of methoxy groups -OCH3 is 1. The van der Waals surface area contributed by atoms with E-state index in [9.17, 15) is 4.79 Å². The molecule has 0 radical (unpaired) electrons. The minimum absolute atomic E-state index is 0.0312. The topological polar surface area (TPSA) is 65.0 Å². The number of halogens is 1. The van der Waals surface area contributed by atoms with Crippen LogP contribution in [0.2, 0.25) is 5.02 Å². The van der Waals surface area contributed by atoms with Gasteiger partial charge in [0.1, 0.15) is 19.0 Å². The number of carbonyl (C=O) groups is 1. The maximum atomic E-state index is 10.7. The summed E-state index contributed by atoms with van der Waals surface area (Å²) in [7, 11) is 1.52. The second-order valence-corrected chi connectivity index (χ2v) is 6.43. The third-order valence-electron chi connectivity index (χ3n) is 3.71. The maximum absolute atomic E-state index is 10.7. The summed E-state index contributed by atoms with van der Waals surface area (Å²) in [5.74, 6) is 0.846. The third kappa shape index (κ3) is 5.85. The third-order valence-corrected chi connectivity index (χ3v) is 3.99. The first-order chi connectivity index (χ1) is 12.4. The molecule has 140 valence electrons. The quantitative estimate of drug-likeness (QED) is 0.653. The van der Waals surface area contributed by atoms with Crippen molar-refractivity contribution in [1.29, 1.82) is 0 Å². The molecule has 0 unspecified atom stereocenters. The molecule has 0 aromatic heterocycles. The van der Waals surface area contributed by atoms with Gasteiger partial charge in [-0.25, -0.2) is 0 Å². The van der Waals surface area contributed by atoms with Crippen LogP contribution in [-0.4, -0.2) is 31.4 Å². The molecule has 0 atom stereocenters. The van der Waals surface area contributed by atoms with Crippen molar-refractivity contribution in [3.63, 3.8) is 0 Å². The number of benzene rings is 2. The minimum atomic E-state index is -0.857. The van der Waals surface area contributed by atoms with Gasteiger partial charge in [-0.2, -0.15) is 0 Å². The number of aryl methyl sites for hydroxylation is 3. The number of ether oxygens (including phenoxy) is 3. The highest BCUT2D eigenvalue weighted by Crippen LogP contribution is 2.36. The summed E-state index contributed by atoms with van der Waals surface area (Å²) in [5, 5.41) is 9.18. The lowest BCUT2D eigenvalue weighted by atomic mass is 10.1. The molecular formula is C20H23ClO5. The molecule has 5 nitrogen and oxygen atoms in total. The molecule has 0 fully saturated rings. The van der Waals surface area contributed by atoms with E-state index in [0.29, 0.717) is 36.2 Å². The zero-order valence-corrected chi connectivity index (χ0v) is 15.9. The van der Waals surface area contributed by atoms with Crippen LogP contribution < -0.4 is 14.2 Å². The van der Waals surface area contributed by atoms with Crippen molar-refractivity contribution in [3.8, 4) is 17.2 Å². The largest absolute Gasteiger partial charge is 0.493 e. The van der Waals surface area contributed by atoms with E-state index in [0.717, 1.165) is 22.4 Å². The van der Waals surface area contributed by atoms with Gasteiger partial charge in [0.2, 0.25) is 0 Å². The van der Waals surface area contributed by atoms with Crippen molar-refractivity contribution >= 4 is 17.6 Å². The van der Waals surface area contributed by atoms with Gasteiger partial charge >= 0.3 is 5.97 Å². The second-order valence-electron chi connectivity index (χ2n) is 6.02. The lowest BCUT2D eigenvalue weighted by molar-refractivity contribution is -0.136. The van der Waals surface area contributed by atoms with Crippen LogP contribution in [0.1, 0.15) is 23.1 Å². The smallest absolute Gasteiger partial charge is 0.303 e. The van der Waals surface area contributed by atoms with Gasteiger partial charge in [0.15, 0.2) is 11.5 Å². The number of hydrogen-bond donors (Lipinski definition) is 1. The van der Waals surface area contributed by atoms with E-state index in [-0.39, 0.29) is 6.42 Å². The van der Waals surface area contributed by atoms with Gasteiger partial charge in [0, 0.05) is 6.42 Å². The Morgan fingerprint density at radius 1 is 1.04 bits per heavy atom. The molecular weight excluding hydrogens is 356 g/mol. The molecule has 2 aromatic carbocycles. The molecule has 2 aromatic rings. The Morgan fingerprint density at radius 2 is 1.69 bits per heavy atom. The summed E-state index contributed by atoms with van der Waals surface area (Å²) >= 11 is 6.27. The number of carboxylic acids is 1. The van der Waals surface area contributed by atoms with Crippen molar-refractivity contribution in [2.45, 2.75) is 26.7 Å². The Morgan fingerprint density at radius 3 is 2.31 bits per heavy atom. The van der Waals surface area contributed by atoms with Gasteiger partial charge in [-0.1, -0.05) is 17.7 Å². The summed E-state index contributed by atoms with van der Waals surface area (Å²) < 4.78 is 16.8. The van der Waals surface area contributed by atoms with E-state index >= 15 is 0 Å². The van der Waals surface area contributed by atoms with Crippen molar-refractivity contribution in [2.75, 3.05) is 20.3 Å². The van der Waals surface area contributed by atoms with E-state index < -0.39 is 5.97 Å². The lowest BCUT2D eigenvalue weighted by Gasteiger charge is -2.15. The van der Waals surface area contributed by atoms with E-state index in [2.05, 4.69) is 6.07 Å². The maximum Gasteiger partial charge on any atom is 0.303 e. The summed E-state index contributed by atoms with van der Waals surface area (Å²) in [6, 6.07) is 9.47. The monoisotopic (exact) mass is 378 g/mol. The van der Waals surface area contributed by atoms with Gasteiger partial charge in [0.05, 0.1) is 12.1 Å². The van der Waals surface area contributed by atoms with Crippen molar-refractivity contribution in [2.24, 2.45) is 0 Å². The first-order valence-corrected chi connectivity index (χ1v) is 8.69. The minimum Gasteiger partial charge on any atom is -0.493 e. The fraction of sp³-hybridized carbons (Fsp3) is 0.350. The number of carboxylic acid groups (broad SMARTS) is 1. The van der Waals surface area contributed by atoms with Crippen molar-refractivity contribution < 1.29 is 24.1 Å². The normalized spacial score (nSPS) is 10.5. The molecule has 0 bridgehead atoms. The fourth-order valence-electron chi connectivity index (χ4n) is 2.63. The molecule has 0 spiro atoms. The summed E-state index contributed by atoms with van der Waals surface area (Å²) in [5.41, 5.74) is 3.07. The Kier molecular flexibility index (Phi) is 7.16. The summed E-state index contributed by atoms with van der Waals surface area (Å²) in [4.78, 5) is 10.7. The van der Waals surface area contributed by atoms with E-state index in [1.807, 2.05) is 26.0 Å². The highest BCUT2D eigenvalue weighted by molar-refractivity contribution is 6.32. The molecule has 0 aliphatic rings. The van der Waals surface area contributed by atoms with Crippen LogP contribution in [0.25, 0.3) is 0 Å². The highest BCUT2D eigenvalue weighted by Gasteiger charge is 2.13. The average Bonchev–Trinajstić information content (AvgIpc) is 2.56. The van der Waals surface area contributed by atoms with Gasteiger partial charge in [-0.15, -0.1) is 0 Å². The Hall–Kier alpha value is -2.40.